The monoisotopic (exact) mass is 1700 g/mol. The molecule has 1 aliphatic rings. The maximum atomic E-state index is 12.9. The normalized spacial score (nSPS) is 11.5. The lowest BCUT2D eigenvalue weighted by molar-refractivity contribution is -0.0564. The first kappa shape index (κ1) is 86.8. The molecule has 9 aromatic carbocycles. The van der Waals surface area contributed by atoms with Crippen molar-refractivity contribution in [2.24, 2.45) is 7.05 Å². The molecule has 20 nitrogen and oxygen atoms in total. The van der Waals surface area contributed by atoms with Crippen LogP contribution in [0, 0.1) is 17.5 Å². The summed E-state index contributed by atoms with van der Waals surface area (Å²) in [5.41, 5.74) is 3.56. The Kier molecular flexibility index (Phi) is 33.8. The summed E-state index contributed by atoms with van der Waals surface area (Å²) in [4.78, 5) is 109. The second kappa shape index (κ2) is 40.5. The van der Waals surface area contributed by atoms with Crippen LogP contribution in [0.25, 0.3) is 43.6 Å². The second-order valence-corrected chi connectivity index (χ2v) is 23.4. The number of aromatic nitrogens is 4. The third-order valence-corrected chi connectivity index (χ3v) is 15.9. The van der Waals surface area contributed by atoms with Crippen molar-refractivity contribution in [1.82, 2.24) is 18.7 Å². The van der Waals surface area contributed by atoms with E-state index in [1.807, 2.05) is 35.3 Å². The van der Waals surface area contributed by atoms with E-state index in [9.17, 15) is 61.4 Å². The Morgan fingerprint density at radius 2 is 0.808 bits per heavy atom. The number of halogens is 10. The van der Waals surface area contributed by atoms with Gasteiger partial charge in [-0.25, -0.2) is 56.3 Å². The van der Waals surface area contributed by atoms with E-state index in [1.165, 1.54) is 86.3 Å². The molecule has 4 aromatic heterocycles. The van der Waals surface area contributed by atoms with E-state index in [0.29, 0.717) is 81.3 Å². The van der Waals surface area contributed by atoms with Crippen molar-refractivity contribution >= 4 is 152 Å². The Morgan fingerprint density at radius 1 is 0.442 bits per heavy atom. The zero-order valence-corrected chi connectivity index (χ0v) is 59.1. The minimum absolute atomic E-state index is 0. The summed E-state index contributed by atoms with van der Waals surface area (Å²) < 4.78 is 65.1. The number of aromatic amines is 1. The SMILES string of the molecule is C.C.C.C.CI.Cn1c(=O)oc(=O)c2cc(Cl)ccc21.Fc1ccc(CBr)cc1.O=C1OC(O)c2cc(Cl)ccc2N1Cc1ccc(F)cc1.O=c1[nH]c2ccc(Cl)cc2c(=O)o1.O=c1oc(=O)n(Cc2ccc(F)cc2)c2ccc(Cl)cc12.O=c1oc(=O)n(Cc2ccccc2)c2ccc(Cl)cc12. The lowest BCUT2D eigenvalue weighted by Crippen LogP contribution is -2.37. The predicted molar refractivity (Wildman–Crippen MR) is 417 cm³/mol. The molecule has 30 heteroatoms. The van der Waals surface area contributed by atoms with E-state index < -0.39 is 57.9 Å². The van der Waals surface area contributed by atoms with Crippen molar-refractivity contribution in [1.29, 1.82) is 0 Å². The van der Waals surface area contributed by atoms with Crippen molar-refractivity contribution in [3.05, 3.63) is 348 Å². The van der Waals surface area contributed by atoms with Gasteiger partial charge in [0.25, 0.3) is 0 Å². The van der Waals surface area contributed by atoms with Gasteiger partial charge in [0.05, 0.1) is 68.9 Å². The number of rotatable bonds is 7. The van der Waals surface area contributed by atoms with Crippen LogP contribution in [-0.2, 0) is 36.7 Å². The number of benzene rings is 9. The lowest BCUT2D eigenvalue weighted by atomic mass is 10.1. The van der Waals surface area contributed by atoms with Gasteiger partial charge < -0.3 is 27.5 Å². The average molecular weight is 1710 g/mol. The van der Waals surface area contributed by atoms with Crippen LogP contribution in [0.4, 0.5) is 23.7 Å². The van der Waals surface area contributed by atoms with Gasteiger partial charge in [0.2, 0.25) is 6.29 Å². The number of alkyl halides is 2. The molecule has 14 rings (SSSR count). The molecular weight excluding hydrogens is 1640 g/mol. The fourth-order valence-corrected chi connectivity index (χ4v) is 10.6. The first-order chi connectivity index (χ1) is 47.8. The number of aliphatic hydroxyl groups is 1. The molecule has 0 bridgehead atoms. The topological polar surface area (TPSA) is 269 Å². The number of hydrogen-bond acceptors (Lipinski definition) is 15. The Hall–Kier alpha value is -9.58. The van der Waals surface area contributed by atoms with Crippen LogP contribution in [0.1, 0.15) is 63.8 Å². The molecular formula is C74H65BrCl5F3IN5O15. The van der Waals surface area contributed by atoms with Crippen LogP contribution in [0.15, 0.2) is 250 Å². The van der Waals surface area contributed by atoms with Gasteiger partial charge in [-0.3, -0.25) is 23.6 Å². The molecule has 0 saturated carbocycles. The van der Waals surface area contributed by atoms with E-state index in [1.54, 1.807) is 103 Å². The maximum Gasteiger partial charge on any atom is 0.422 e. The van der Waals surface area contributed by atoms with Gasteiger partial charge in [-0.15, -0.1) is 0 Å². The number of amides is 1. The van der Waals surface area contributed by atoms with Crippen LogP contribution in [0.3, 0.4) is 0 Å². The summed E-state index contributed by atoms with van der Waals surface area (Å²) in [6, 6.07) is 51.0. The first-order valence-corrected chi connectivity index (χ1v) is 33.9. The summed E-state index contributed by atoms with van der Waals surface area (Å²) in [5.74, 6) is -3.76. The zero-order valence-electron chi connectivity index (χ0n) is 51.6. The lowest BCUT2D eigenvalue weighted by Gasteiger charge is -2.31. The molecule has 0 aliphatic carbocycles. The summed E-state index contributed by atoms with van der Waals surface area (Å²) in [5, 5.41) is 13.8. The highest BCUT2D eigenvalue weighted by Gasteiger charge is 2.32. The summed E-state index contributed by atoms with van der Waals surface area (Å²) in [6.07, 6.45) is -2.00. The standard InChI is InChI=1S/C15H11ClFNO3.C15H9ClFNO3.C15H10ClNO3.C9H6ClNO3.C8H4ClNO3.C7H6BrF.CH3I.4CH4/c2*16-10-3-6-13-12(7-10)14(19)21-15(20)18(13)8-9-1-4-11(17)5-2-9;16-11-6-7-13-12(8-11)14(18)20-15(19)17(13)9-10-4-2-1-3-5-10;1-11-7-3-2-5(10)4-6(7)8(12)14-9(11)13;9-4-1-2-6-5(3-4)7(11)13-8(12)10-6;8-5-6-1-3-7(9)4-2-6;1-2;;;;/h1-7,14,19H,8H2;1-7H,8H2;1-8H,9H2;2-4H,1H3;1-3H,(H,10,12);1-4H,5H2;1H3;4*1H4. The number of anilines is 1. The van der Waals surface area contributed by atoms with Crippen LogP contribution in [0.5, 0.6) is 0 Å². The molecule has 0 spiro atoms. The number of aliphatic hydroxyl groups excluding tert-OH is 1. The Bertz CT molecular complexity index is 5610. The van der Waals surface area contributed by atoms with Crippen molar-refractivity contribution in [2.45, 2.75) is 61.0 Å². The van der Waals surface area contributed by atoms with Crippen LogP contribution in [0.2, 0.25) is 25.1 Å². The molecule has 1 aliphatic heterocycles. The van der Waals surface area contributed by atoms with Gasteiger partial charge in [-0.05, 0) is 155 Å². The smallest absolute Gasteiger partial charge is 0.415 e. The molecule has 0 fully saturated rings. The van der Waals surface area contributed by atoms with Gasteiger partial charge in [0, 0.05) is 43.1 Å². The number of nitrogens with zero attached hydrogens (tertiary/aromatic N) is 4. The van der Waals surface area contributed by atoms with Crippen molar-refractivity contribution < 1.29 is 45.5 Å². The molecule has 0 radical (unpaired) electrons. The molecule has 2 N–H and O–H groups in total. The molecule has 546 valence electrons. The van der Waals surface area contributed by atoms with Crippen LogP contribution >= 0.6 is 96.5 Å². The van der Waals surface area contributed by atoms with E-state index in [-0.39, 0.29) is 71.0 Å². The fourth-order valence-electron chi connectivity index (χ4n) is 9.35. The first-order valence-electron chi connectivity index (χ1n) is 28.8. The number of carbonyl (C=O) groups excluding carboxylic acids is 1. The number of fused-ring (bicyclic) bond motifs is 5. The van der Waals surface area contributed by atoms with Crippen molar-refractivity contribution in [3.8, 4) is 0 Å². The Labute approximate surface area is 637 Å². The zero-order chi connectivity index (χ0) is 72.5. The molecule has 5 heterocycles. The number of cyclic esters (lactones) is 1. The number of H-pyrrole nitrogens is 1. The molecule has 1 atom stereocenters. The van der Waals surface area contributed by atoms with Gasteiger partial charge in [-0.2, -0.15) is 0 Å². The maximum absolute atomic E-state index is 12.9. The summed E-state index contributed by atoms with van der Waals surface area (Å²) >= 11 is 34.4. The van der Waals surface area contributed by atoms with Gasteiger partial charge in [0.1, 0.15) is 17.5 Å². The van der Waals surface area contributed by atoms with Crippen molar-refractivity contribution in [2.75, 3.05) is 9.83 Å². The minimum Gasteiger partial charge on any atom is -0.415 e. The Balaban J connectivity index is 0.000000266. The molecule has 104 heavy (non-hydrogen) atoms. The number of carbonyl (C=O) groups is 1. The van der Waals surface area contributed by atoms with Crippen LogP contribution in [-0.4, -0.2) is 34.8 Å². The molecule has 1 amide bonds. The van der Waals surface area contributed by atoms with E-state index >= 15 is 0 Å². The highest BCUT2D eigenvalue weighted by atomic mass is 127. The minimum atomic E-state index is -1.34. The average Bonchev–Trinajstić information content (AvgIpc) is 0.808. The van der Waals surface area contributed by atoms with E-state index in [2.05, 4.69) is 52.3 Å². The van der Waals surface area contributed by atoms with Gasteiger partial charge in [-0.1, -0.05) is 193 Å². The Morgan fingerprint density at radius 3 is 1.27 bits per heavy atom. The highest BCUT2D eigenvalue weighted by molar-refractivity contribution is 14.1. The quantitative estimate of drug-likeness (QED) is 0.111. The molecule has 13 aromatic rings. The van der Waals surface area contributed by atoms with Gasteiger partial charge in [0.15, 0.2) is 0 Å². The second-order valence-electron chi connectivity index (χ2n) is 20.7. The number of ether oxygens (including phenoxy) is 1. The third kappa shape index (κ3) is 23.0. The molecule has 0 saturated heterocycles. The number of nitrogens with one attached hydrogen (secondary N) is 1. The molecule has 1 unspecified atom stereocenters. The van der Waals surface area contributed by atoms with Crippen molar-refractivity contribution in [3.63, 3.8) is 0 Å². The largest absolute Gasteiger partial charge is 0.422 e. The fraction of sp³-hybridized carbons (Fsp3) is 0.149. The summed E-state index contributed by atoms with van der Waals surface area (Å²) in [6.45, 7) is 0.711. The van der Waals surface area contributed by atoms with E-state index in [0.717, 1.165) is 22.0 Å². The highest BCUT2D eigenvalue weighted by Crippen LogP contribution is 2.36. The number of hydrogen-bond donors (Lipinski definition) is 2. The van der Waals surface area contributed by atoms with Gasteiger partial charge >= 0.3 is 51.6 Å². The van der Waals surface area contributed by atoms with E-state index in [4.69, 9.17) is 71.6 Å². The predicted octanol–water partition coefficient (Wildman–Crippen LogP) is 17.7. The third-order valence-electron chi connectivity index (χ3n) is 14.1. The number of aryl methyl sites for hydroxylation is 1. The van der Waals surface area contributed by atoms with Crippen LogP contribution < -0.4 is 50.4 Å². The summed E-state index contributed by atoms with van der Waals surface area (Å²) in [7, 11) is 1.53.